The van der Waals surface area contributed by atoms with E-state index in [0.717, 1.165) is 16.9 Å². The van der Waals surface area contributed by atoms with Gasteiger partial charge < -0.3 is 15.0 Å². The van der Waals surface area contributed by atoms with Crippen LogP contribution in [-0.4, -0.2) is 30.4 Å². The Morgan fingerprint density at radius 3 is 2.10 bits per heavy atom. The fourth-order valence-corrected chi connectivity index (χ4v) is 3.07. The summed E-state index contributed by atoms with van der Waals surface area (Å²) in [5, 5.41) is 3.01. The minimum atomic E-state index is -0.688. The van der Waals surface area contributed by atoms with Crippen molar-refractivity contribution < 1.29 is 14.3 Å². The van der Waals surface area contributed by atoms with Crippen LogP contribution in [0.15, 0.2) is 54.6 Å². The Balaban J connectivity index is 2.41. The molecule has 0 fully saturated rings. The number of hydrogen-bond acceptors (Lipinski definition) is 3. The number of amides is 2. The van der Waals surface area contributed by atoms with Crippen LogP contribution in [0.4, 0.5) is 0 Å². The van der Waals surface area contributed by atoms with Gasteiger partial charge in [0.25, 0.3) is 0 Å². The number of methoxy groups -OCH3 is 1. The van der Waals surface area contributed by atoms with Crippen molar-refractivity contribution in [3.05, 3.63) is 65.7 Å². The average molecular weight is 397 g/mol. The molecule has 0 saturated carbocycles. The van der Waals surface area contributed by atoms with Gasteiger partial charge >= 0.3 is 0 Å². The van der Waals surface area contributed by atoms with Crippen LogP contribution < -0.4 is 10.1 Å². The predicted molar refractivity (Wildman–Crippen MR) is 115 cm³/mol. The number of carbonyl (C=O) groups excluding carboxylic acids is 2. The molecule has 2 amide bonds. The number of nitrogens with one attached hydrogen (secondary N) is 1. The van der Waals surface area contributed by atoms with Crippen LogP contribution in [0.3, 0.4) is 0 Å². The molecule has 1 atom stereocenters. The molecule has 0 radical (unpaired) electrons. The Hall–Kier alpha value is -2.82. The summed E-state index contributed by atoms with van der Waals surface area (Å²) in [6.45, 7) is 8.72. The van der Waals surface area contributed by atoms with Crippen molar-refractivity contribution in [1.29, 1.82) is 0 Å². The van der Waals surface area contributed by atoms with E-state index >= 15 is 0 Å². The zero-order chi connectivity index (χ0) is 21.4. The first-order valence-electron chi connectivity index (χ1n) is 10.1. The Kier molecular flexibility index (Phi) is 8.25. The van der Waals surface area contributed by atoms with Gasteiger partial charge in [-0.25, -0.2) is 0 Å². The Morgan fingerprint density at radius 2 is 1.59 bits per heavy atom. The Morgan fingerprint density at radius 1 is 0.966 bits per heavy atom. The number of hydrogen-bond donors (Lipinski definition) is 1. The highest BCUT2D eigenvalue weighted by Crippen LogP contribution is 2.26. The zero-order valence-corrected chi connectivity index (χ0v) is 18.0. The molecule has 0 spiro atoms. The monoisotopic (exact) mass is 396 g/mol. The van der Waals surface area contributed by atoms with E-state index in [4.69, 9.17) is 4.74 Å². The van der Waals surface area contributed by atoms with E-state index in [-0.39, 0.29) is 17.7 Å². The molecule has 0 aliphatic carbocycles. The van der Waals surface area contributed by atoms with Crippen LogP contribution in [0.2, 0.25) is 0 Å². The summed E-state index contributed by atoms with van der Waals surface area (Å²) in [4.78, 5) is 28.0. The first-order valence-corrected chi connectivity index (χ1v) is 10.1. The van der Waals surface area contributed by atoms with Crippen LogP contribution in [0.1, 0.15) is 44.9 Å². The van der Waals surface area contributed by atoms with Gasteiger partial charge in [0.05, 0.1) is 7.11 Å². The fraction of sp³-hybridized carbons (Fsp3) is 0.417. The van der Waals surface area contributed by atoms with Crippen molar-refractivity contribution in [3.63, 3.8) is 0 Å². The van der Waals surface area contributed by atoms with Crippen molar-refractivity contribution in [1.82, 2.24) is 10.2 Å². The molecule has 0 aromatic heterocycles. The van der Waals surface area contributed by atoms with E-state index in [0.29, 0.717) is 19.0 Å². The molecule has 2 aromatic carbocycles. The summed E-state index contributed by atoms with van der Waals surface area (Å²) in [6.07, 6.45) is 0. The van der Waals surface area contributed by atoms with Gasteiger partial charge in [-0.2, -0.15) is 0 Å². The second kappa shape index (κ2) is 10.6. The number of nitrogens with zero attached hydrogens (tertiary/aromatic N) is 1. The summed E-state index contributed by atoms with van der Waals surface area (Å²) in [6, 6.07) is 16.4. The van der Waals surface area contributed by atoms with Gasteiger partial charge in [-0.1, -0.05) is 70.2 Å². The molecule has 2 rings (SSSR count). The molecule has 0 unspecified atom stereocenters. The van der Waals surface area contributed by atoms with Crippen molar-refractivity contribution in [3.8, 4) is 5.75 Å². The maximum atomic E-state index is 13.2. The van der Waals surface area contributed by atoms with Crippen LogP contribution >= 0.6 is 0 Å². The maximum absolute atomic E-state index is 13.2. The van der Waals surface area contributed by atoms with Gasteiger partial charge in [0.2, 0.25) is 11.8 Å². The lowest BCUT2D eigenvalue weighted by molar-refractivity contribution is -0.144. The largest absolute Gasteiger partial charge is 0.497 e. The first kappa shape index (κ1) is 22.5. The SMILES string of the molecule is COc1ccc(CN(C(=O)C(C)C)[C@H](C(=O)NCC(C)C)c2ccccc2)cc1. The molecule has 29 heavy (non-hydrogen) atoms. The second-order valence-electron chi connectivity index (χ2n) is 7.92. The molecule has 0 bridgehead atoms. The molecule has 0 aliphatic heterocycles. The van der Waals surface area contributed by atoms with E-state index in [1.807, 2.05) is 82.3 Å². The molecular weight excluding hydrogens is 364 g/mol. The molecule has 5 nitrogen and oxygen atoms in total. The minimum Gasteiger partial charge on any atom is -0.497 e. The van der Waals surface area contributed by atoms with Gasteiger partial charge in [-0.05, 0) is 29.2 Å². The molecule has 0 saturated heterocycles. The van der Waals surface area contributed by atoms with Gasteiger partial charge in [0.1, 0.15) is 11.8 Å². The molecule has 0 heterocycles. The minimum absolute atomic E-state index is 0.0608. The van der Waals surface area contributed by atoms with Crippen molar-refractivity contribution in [2.75, 3.05) is 13.7 Å². The van der Waals surface area contributed by atoms with Crippen LogP contribution in [0, 0.1) is 11.8 Å². The quantitative estimate of drug-likeness (QED) is 0.691. The highest BCUT2D eigenvalue weighted by atomic mass is 16.5. The summed E-state index contributed by atoms with van der Waals surface area (Å²) < 4.78 is 5.22. The number of carbonyl (C=O) groups is 2. The summed E-state index contributed by atoms with van der Waals surface area (Å²) >= 11 is 0. The number of ether oxygens (including phenoxy) is 1. The smallest absolute Gasteiger partial charge is 0.247 e. The van der Waals surface area contributed by atoms with E-state index in [2.05, 4.69) is 5.32 Å². The van der Waals surface area contributed by atoms with Gasteiger partial charge in [0.15, 0.2) is 0 Å². The molecule has 1 N–H and O–H groups in total. The standard InChI is InChI=1S/C24H32N2O3/c1-17(2)15-25-23(27)22(20-9-7-6-8-10-20)26(24(28)18(3)4)16-19-11-13-21(29-5)14-12-19/h6-14,17-18,22H,15-16H2,1-5H3,(H,25,27)/t22-/m0/s1. The van der Waals surface area contributed by atoms with Crippen molar-refractivity contribution >= 4 is 11.8 Å². The zero-order valence-electron chi connectivity index (χ0n) is 18.0. The lowest BCUT2D eigenvalue weighted by atomic mass is 10.0. The highest BCUT2D eigenvalue weighted by molar-refractivity contribution is 5.89. The van der Waals surface area contributed by atoms with Gasteiger partial charge in [-0.15, -0.1) is 0 Å². The third kappa shape index (κ3) is 6.34. The van der Waals surface area contributed by atoms with Gasteiger partial charge in [-0.3, -0.25) is 9.59 Å². The van der Waals surface area contributed by atoms with Crippen molar-refractivity contribution in [2.24, 2.45) is 11.8 Å². The van der Waals surface area contributed by atoms with E-state index in [9.17, 15) is 9.59 Å². The van der Waals surface area contributed by atoms with Crippen LogP contribution in [0.5, 0.6) is 5.75 Å². The van der Waals surface area contributed by atoms with Crippen LogP contribution in [0.25, 0.3) is 0 Å². The summed E-state index contributed by atoms with van der Waals surface area (Å²) in [7, 11) is 1.62. The van der Waals surface area contributed by atoms with E-state index in [1.165, 1.54) is 0 Å². The Labute approximate surface area is 174 Å². The van der Waals surface area contributed by atoms with E-state index in [1.54, 1.807) is 12.0 Å². The topological polar surface area (TPSA) is 58.6 Å². The average Bonchev–Trinajstić information content (AvgIpc) is 2.72. The molecule has 5 heteroatoms. The molecular formula is C24H32N2O3. The third-order valence-corrected chi connectivity index (χ3v) is 4.65. The fourth-order valence-electron chi connectivity index (χ4n) is 3.07. The lowest BCUT2D eigenvalue weighted by Crippen LogP contribution is -2.45. The lowest BCUT2D eigenvalue weighted by Gasteiger charge is -2.33. The Bertz CT molecular complexity index is 786. The number of rotatable bonds is 9. The molecule has 156 valence electrons. The predicted octanol–water partition coefficient (Wildman–Crippen LogP) is 4.19. The summed E-state index contributed by atoms with van der Waals surface area (Å²) in [5.41, 5.74) is 1.74. The van der Waals surface area contributed by atoms with E-state index < -0.39 is 6.04 Å². The first-order chi connectivity index (χ1) is 13.8. The second-order valence-corrected chi connectivity index (χ2v) is 7.92. The maximum Gasteiger partial charge on any atom is 0.247 e. The number of benzene rings is 2. The highest BCUT2D eigenvalue weighted by Gasteiger charge is 2.32. The molecule has 2 aromatic rings. The van der Waals surface area contributed by atoms with Crippen LogP contribution in [-0.2, 0) is 16.1 Å². The summed E-state index contributed by atoms with van der Waals surface area (Å²) in [5.74, 6) is 0.634. The molecule has 0 aliphatic rings. The van der Waals surface area contributed by atoms with Gasteiger partial charge in [0, 0.05) is 19.0 Å². The normalized spacial score (nSPS) is 12.0. The van der Waals surface area contributed by atoms with Crippen molar-refractivity contribution in [2.45, 2.75) is 40.3 Å². The third-order valence-electron chi connectivity index (χ3n) is 4.65.